The Hall–Kier alpha value is -1.06. The van der Waals surface area contributed by atoms with Gasteiger partial charge >= 0.3 is 6.41 Å². The second-order valence-electron chi connectivity index (χ2n) is 4.52. The van der Waals surface area contributed by atoms with Crippen molar-refractivity contribution < 1.29 is 9.59 Å². The lowest BCUT2D eigenvalue weighted by molar-refractivity contribution is -0.132. The van der Waals surface area contributed by atoms with Crippen molar-refractivity contribution >= 4 is 12.3 Å². The first-order chi connectivity index (χ1) is 7.31. The molecule has 2 amide bonds. The van der Waals surface area contributed by atoms with Gasteiger partial charge in [0.15, 0.2) is 0 Å². The van der Waals surface area contributed by atoms with Gasteiger partial charge in [-0.2, -0.15) is 0 Å². The molecule has 2 rings (SSSR count). The zero-order chi connectivity index (χ0) is 10.7. The van der Waals surface area contributed by atoms with Crippen LogP contribution in [0.15, 0.2) is 0 Å². The lowest BCUT2D eigenvalue weighted by atomic mass is 10.1. The summed E-state index contributed by atoms with van der Waals surface area (Å²) in [6.07, 6.45) is 6.96. The van der Waals surface area contributed by atoms with Gasteiger partial charge in [0, 0.05) is 13.1 Å². The van der Waals surface area contributed by atoms with E-state index >= 15 is 0 Å². The molecule has 0 aromatic rings. The van der Waals surface area contributed by atoms with Crippen molar-refractivity contribution in [3.63, 3.8) is 0 Å². The van der Waals surface area contributed by atoms with E-state index in [9.17, 15) is 9.59 Å². The van der Waals surface area contributed by atoms with E-state index in [1.165, 1.54) is 12.8 Å². The molecular weight excluding hydrogens is 192 g/mol. The third-order valence-corrected chi connectivity index (χ3v) is 3.19. The van der Waals surface area contributed by atoms with Gasteiger partial charge in [0.1, 0.15) is 6.04 Å². The largest absolute Gasteiger partial charge is 0.341 e. The van der Waals surface area contributed by atoms with E-state index in [-0.39, 0.29) is 11.9 Å². The number of rotatable bonds is 4. The van der Waals surface area contributed by atoms with Crippen molar-refractivity contribution in [1.29, 1.82) is 0 Å². The topological polar surface area (TPSA) is 49.4 Å². The Balaban J connectivity index is 1.94. The van der Waals surface area contributed by atoms with Crippen LogP contribution in [-0.2, 0) is 9.59 Å². The van der Waals surface area contributed by atoms with Crippen molar-refractivity contribution in [2.24, 2.45) is 5.92 Å². The summed E-state index contributed by atoms with van der Waals surface area (Å²) in [7, 11) is 0. The maximum absolute atomic E-state index is 12.0. The molecule has 4 heteroatoms. The zero-order valence-electron chi connectivity index (χ0n) is 8.87. The molecule has 4 nitrogen and oxygen atoms in total. The van der Waals surface area contributed by atoms with Crippen LogP contribution in [-0.4, -0.2) is 36.3 Å². The van der Waals surface area contributed by atoms with Gasteiger partial charge in [-0.15, -0.1) is 0 Å². The van der Waals surface area contributed by atoms with Gasteiger partial charge in [-0.05, 0) is 38.0 Å². The van der Waals surface area contributed by atoms with E-state index in [1.54, 1.807) is 6.41 Å². The molecular formula is C11H17N2O2. The standard InChI is InChI=1S/C11H17N2O2/c14-8-12-10-3-1-2-6-13(11(10)15)7-9-4-5-9/h9-10H,1-7H2,(H,12,14)/t10-/m0/s1. The highest BCUT2D eigenvalue weighted by Gasteiger charge is 2.31. The second kappa shape index (κ2) is 4.64. The Morgan fingerprint density at radius 1 is 1.33 bits per heavy atom. The van der Waals surface area contributed by atoms with E-state index in [2.05, 4.69) is 5.32 Å². The second-order valence-corrected chi connectivity index (χ2v) is 4.52. The van der Waals surface area contributed by atoms with Crippen LogP contribution in [0.25, 0.3) is 0 Å². The zero-order valence-corrected chi connectivity index (χ0v) is 8.87. The number of likely N-dealkylation sites (tertiary alicyclic amines) is 1. The van der Waals surface area contributed by atoms with Crippen molar-refractivity contribution in [1.82, 2.24) is 10.2 Å². The first-order valence-corrected chi connectivity index (χ1v) is 5.72. The summed E-state index contributed by atoms with van der Waals surface area (Å²) in [5.74, 6) is 0.802. The number of nitrogens with one attached hydrogen (secondary N) is 1. The van der Waals surface area contributed by atoms with Crippen LogP contribution in [0, 0.1) is 5.92 Å². The van der Waals surface area contributed by atoms with Gasteiger partial charge in [-0.3, -0.25) is 9.59 Å². The summed E-state index contributed by atoms with van der Waals surface area (Å²) in [5.41, 5.74) is 0. The van der Waals surface area contributed by atoms with Gasteiger partial charge in [-0.1, -0.05) is 0 Å². The molecule has 1 atom stereocenters. The minimum absolute atomic E-state index is 0.0859. The fourth-order valence-corrected chi connectivity index (χ4v) is 2.10. The number of hydrogen-bond acceptors (Lipinski definition) is 2. The van der Waals surface area contributed by atoms with Gasteiger partial charge < -0.3 is 10.2 Å². The van der Waals surface area contributed by atoms with E-state index < -0.39 is 0 Å². The Bertz CT molecular complexity index is 251. The number of hydrogen-bond donors (Lipinski definition) is 1. The van der Waals surface area contributed by atoms with E-state index in [1.807, 2.05) is 4.90 Å². The van der Waals surface area contributed by atoms with Gasteiger partial charge in [0.05, 0.1) is 0 Å². The fourth-order valence-electron chi connectivity index (χ4n) is 2.10. The molecule has 0 aromatic heterocycles. The SMILES string of the molecule is O=[C]N[C@H]1CCCCN(CC2CC2)C1=O. The molecule has 0 unspecified atom stereocenters. The molecule has 1 N–H and O–H groups in total. The first kappa shape index (κ1) is 10.5. The fraction of sp³-hybridized carbons (Fsp3) is 0.818. The maximum atomic E-state index is 12.0. The number of carbonyl (C=O) groups excluding carboxylic acids is 2. The van der Waals surface area contributed by atoms with Crippen LogP contribution in [0.1, 0.15) is 32.1 Å². The van der Waals surface area contributed by atoms with Crippen LogP contribution in [0.5, 0.6) is 0 Å². The van der Waals surface area contributed by atoms with Gasteiger partial charge in [-0.25, -0.2) is 0 Å². The molecule has 1 saturated heterocycles. The van der Waals surface area contributed by atoms with Crippen molar-refractivity contribution in [3.05, 3.63) is 0 Å². The molecule has 2 aliphatic rings. The molecule has 0 bridgehead atoms. The van der Waals surface area contributed by atoms with E-state index in [0.29, 0.717) is 5.92 Å². The third kappa shape index (κ3) is 2.70. The van der Waals surface area contributed by atoms with Crippen LogP contribution in [0.2, 0.25) is 0 Å². The Kier molecular flexibility index (Phi) is 3.23. The summed E-state index contributed by atoms with van der Waals surface area (Å²) in [6.45, 7) is 1.74. The van der Waals surface area contributed by atoms with Crippen molar-refractivity contribution in [2.45, 2.75) is 38.1 Å². The maximum Gasteiger partial charge on any atom is 0.309 e. The third-order valence-electron chi connectivity index (χ3n) is 3.19. The number of carbonyl (C=O) groups is 1. The molecule has 83 valence electrons. The van der Waals surface area contributed by atoms with Crippen LogP contribution >= 0.6 is 0 Å². The van der Waals surface area contributed by atoms with E-state index in [4.69, 9.17) is 0 Å². The van der Waals surface area contributed by atoms with Crippen LogP contribution in [0.4, 0.5) is 0 Å². The molecule has 0 spiro atoms. The smallest absolute Gasteiger partial charge is 0.309 e. The van der Waals surface area contributed by atoms with Crippen molar-refractivity contribution in [3.8, 4) is 0 Å². The van der Waals surface area contributed by atoms with Gasteiger partial charge in [0.25, 0.3) is 0 Å². The summed E-state index contributed by atoms with van der Waals surface area (Å²) in [4.78, 5) is 24.2. The van der Waals surface area contributed by atoms with Crippen molar-refractivity contribution in [2.75, 3.05) is 13.1 Å². The lowest BCUT2D eigenvalue weighted by Gasteiger charge is -2.23. The molecule has 15 heavy (non-hydrogen) atoms. The van der Waals surface area contributed by atoms with E-state index in [0.717, 1.165) is 32.4 Å². The number of amides is 2. The molecule has 1 saturated carbocycles. The van der Waals surface area contributed by atoms with Crippen LogP contribution < -0.4 is 5.32 Å². The Labute approximate surface area is 90.0 Å². The highest BCUT2D eigenvalue weighted by Crippen LogP contribution is 2.30. The predicted octanol–water partition coefficient (Wildman–Crippen LogP) is 0.434. The summed E-state index contributed by atoms with van der Waals surface area (Å²) >= 11 is 0. The lowest BCUT2D eigenvalue weighted by Crippen LogP contribution is -2.45. The quantitative estimate of drug-likeness (QED) is 0.683. The minimum Gasteiger partial charge on any atom is -0.341 e. The highest BCUT2D eigenvalue weighted by molar-refractivity contribution is 5.84. The highest BCUT2D eigenvalue weighted by atomic mass is 16.2. The molecule has 1 aliphatic carbocycles. The normalized spacial score (nSPS) is 27.3. The predicted molar refractivity (Wildman–Crippen MR) is 55.8 cm³/mol. The first-order valence-electron chi connectivity index (χ1n) is 5.72. The van der Waals surface area contributed by atoms with Gasteiger partial charge in [0.2, 0.25) is 5.91 Å². The summed E-state index contributed by atoms with van der Waals surface area (Å²) < 4.78 is 0. The number of nitrogens with zero attached hydrogens (tertiary/aromatic N) is 1. The monoisotopic (exact) mass is 209 g/mol. The molecule has 1 radical (unpaired) electrons. The Morgan fingerprint density at radius 3 is 2.80 bits per heavy atom. The molecule has 1 aliphatic heterocycles. The molecule has 1 heterocycles. The average Bonchev–Trinajstić information content (AvgIpc) is 3.03. The average molecular weight is 209 g/mol. The minimum atomic E-state index is -0.330. The molecule has 2 fully saturated rings. The Morgan fingerprint density at radius 2 is 2.13 bits per heavy atom. The summed E-state index contributed by atoms with van der Waals surface area (Å²) in [5, 5.41) is 2.50. The summed E-state index contributed by atoms with van der Waals surface area (Å²) in [6, 6.07) is -0.330. The molecule has 0 aromatic carbocycles. The van der Waals surface area contributed by atoms with Crippen LogP contribution in [0.3, 0.4) is 0 Å².